The molecule has 1 aromatic carbocycles. The van der Waals surface area contributed by atoms with Crippen molar-refractivity contribution < 1.29 is 0 Å². The molecule has 1 nitrogen and oxygen atoms in total. The second-order valence-electron chi connectivity index (χ2n) is 2.48. The van der Waals surface area contributed by atoms with Crippen LogP contribution in [0.3, 0.4) is 0 Å². The predicted octanol–water partition coefficient (Wildman–Crippen LogP) is 4.19. The van der Waals surface area contributed by atoms with Gasteiger partial charge in [0.2, 0.25) is 0 Å². The van der Waals surface area contributed by atoms with Gasteiger partial charge in [-0.15, -0.1) is 11.3 Å². The molecule has 0 aliphatic carbocycles. The van der Waals surface area contributed by atoms with Crippen LogP contribution in [0.1, 0.15) is 5.56 Å². The SMILES string of the molecule is N#Cc1cccc2sc(Br)c(Cl)c12. The van der Waals surface area contributed by atoms with Crippen molar-refractivity contribution >= 4 is 49.0 Å². The lowest BCUT2D eigenvalue weighted by Gasteiger charge is -1.92. The van der Waals surface area contributed by atoms with Gasteiger partial charge in [-0.25, -0.2) is 0 Å². The van der Waals surface area contributed by atoms with Gasteiger partial charge in [0.1, 0.15) is 0 Å². The van der Waals surface area contributed by atoms with E-state index in [-0.39, 0.29) is 0 Å². The Bertz CT molecular complexity index is 512. The monoisotopic (exact) mass is 271 g/mol. The molecule has 1 heterocycles. The molecule has 0 aliphatic rings. The molecule has 0 fully saturated rings. The maximum absolute atomic E-state index is 8.85. The van der Waals surface area contributed by atoms with E-state index < -0.39 is 0 Å². The van der Waals surface area contributed by atoms with Gasteiger partial charge in [0.25, 0.3) is 0 Å². The predicted molar refractivity (Wildman–Crippen MR) is 59.3 cm³/mol. The van der Waals surface area contributed by atoms with E-state index in [9.17, 15) is 0 Å². The van der Waals surface area contributed by atoms with Gasteiger partial charge in [0.15, 0.2) is 0 Å². The number of nitrogens with zero attached hydrogens (tertiary/aromatic N) is 1. The van der Waals surface area contributed by atoms with Gasteiger partial charge in [-0.3, -0.25) is 0 Å². The fourth-order valence-corrected chi connectivity index (χ4v) is 3.12. The third kappa shape index (κ3) is 1.35. The highest BCUT2D eigenvalue weighted by atomic mass is 79.9. The van der Waals surface area contributed by atoms with Crippen molar-refractivity contribution in [1.29, 1.82) is 5.26 Å². The molecule has 1 aromatic heterocycles. The number of fused-ring (bicyclic) bond motifs is 1. The molecule has 2 aromatic rings. The summed E-state index contributed by atoms with van der Waals surface area (Å²) < 4.78 is 1.92. The van der Waals surface area contributed by atoms with E-state index in [1.807, 2.05) is 12.1 Å². The summed E-state index contributed by atoms with van der Waals surface area (Å²) in [5.41, 5.74) is 0.629. The van der Waals surface area contributed by atoms with Gasteiger partial charge in [-0.05, 0) is 28.1 Å². The number of hydrogen-bond acceptors (Lipinski definition) is 2. The average Bonchev–Trinajstić information content (AvgIpc) is 2.43. The first kappa shape index (κ1) is 9.01. The molecular weight excluding hydrogens is 270 g/mol. The summed E-state index contributed by atoms with van der Waals surface area (Å²) in [4.78, 5) is 0. The second-order valence-corrected chi connectivity index (χ2v) is 5.23. The fourth-order valence-electron chi connectivity index (χ4n) is 1.18. The molecule has 0 radical (unpaired) electrons. The maximum Gasteiger partial charge on any atom is 0.0999 e. The Morgan fingerprint density at radius 2 is 2.23 bits per heavy atom. The minimum atomic E-state index is 0.629. The molecule has 2 rings (SSSR count). The fraction of sp³-hybridized carbons (Fsp3) is 0. The number of nitriles is 1. The molecule has 0 atom stereocenters. The number of hydrogen-bond donors (Lipinski definition) is 0. The van der Waals surface area contributed by atoms with E-state index >= 15 is 0 Å². The Morgan fingerprint density at radius 1 is 1.46 bits per heavy atom. The summed E-state index contributed by atoms with van der Waals surface area (Å²) >= 11 is 10.9. The largest absolute Gasteiger partial charge is 0.192 e. The highest BCUT2D eigenvalue weighted by Crippen LogP contribution is 2.40. The Morgan fingerprint density at radius 3 is 2.92 bits per heavy atom. The molecule has 4 heteroatoms. The number of halogens is 2. The van der Waals surface area contributed by atoms with Crippen LogP contribution in [0.4, 0.5) is 0 Å². The smallest absolute Gasteiger partial charge is 0.0999 e. The molecular formula is C9H3BrClNS. The highest BCUT2D eigenvalue weighted by Gasteiger charge is 2.10. The molecule has 0 unspecified atom stereocenters. The van der Waals surface area contributed by atoms with Gasteiger partial charge in [-0.2, -0.15) is 5.26 Å². The van der Waals surface area contributed by atoms with E-state index in [0.29, 0.717) is 10.6 Å². The minimum absolute atomic E-state index is 0.629. The van der Waals surface area contributed by atoms with Crippen molar-refractivity contribution in [1.82, 2.24) is 0 Å². The summed E-state index contributed by atoms with van der Waals surface area (Å²) in [5, 5.41) is 10.3. The zero-order chi connectivity index (χ0) is 9.42. The minimum Gasteiger partial charge on any atom is -0.192 e. The Balaban J connectivity index is 2.97. The van der Waals surface area contributed by atoms with Crippen molar-refractivity contribution in [2.45, 2.75) is 0 Å². The van der Waals surface area contributed by atoms with Crippen molar-refractivity contribution in [2.75, 3.05) is 0 Å². The van der Waals surface area contributed by atoms with Crippen LogP contribution in [0.5, 0.6) is 0 Å². The first-order valence-corrected chi connectivity index (χ1v) is 5.49. The zero-order valence-corrected chi connectivity index (χ0v) is 9.50. The van der Waals surface area contributed by atoms with Crippen LogP contribution in [0, 0.1) is 11.3 Å². The summed E-state index contributed by atoms with van der Waals surface area (Å²) in [5.74, 6) is 0. The third-order valence-corrected chi connectivity index (χ3v) is 4.28. The van der Waals surface area contributed by atoms with Gasteiger partial charge in [-0.1, -0.05) is 17.7 Å². The first-order chi connectivity index (χ1) is 6.24. The van der Waals surface area contributed by atoms with E-state index in [4.69, 9.17) is 16.9 Å². The summed E-state index contributed by atoms with van der Waals surface area (Å²) in [6.07, 6.45) is 0. The zero-order valence-electron chi connectivity index (χ0n) is 6.34. The summed E-state index contributed by atoms with van der Waals surface area (Å²) in [6, 6.07) is 7.71. The van der Waals surface area contributed by atoms with Crippen LogP contribution in [0.15, 0.2) is 22.0 Å². The molecule has 0 aliphatic heterocycles. The quantitative estimate of drug-likeness (QED) is 0.705. The lowest BCUT2D eigenvalue weighted by atomic mass is 10.1. The van der Waals surface area contributed by atoms with E-state index in [0.717, 1.165) is 13.9 Å². The Hall–Kier alpha value is -0.560. The lowest BCUT2D eigenvalue weighted by molar-refractivity contribution is 1.51. The Kier molecular flexibility index (Phi) is 2.29. The van der Waals surface area contributed by atoms with Gasteiger partial charge in [0.05, 0.1) is 20.4 Å². The number of thiophene rings is 1. The molecule has 0 saturated heterocycles. The Labute approximate surface area is 92.7 Å². The van der Waals surface area contributed by atoms with Crippen LogP contribution in [-0.4, -0.2) is 0 Å². The summed E-state index contributed by atoms with van der Waals surface area (Å²) in [7, 11) is 0. The first-order valence-electron chi connectivity index (χ1n) is 3.50. The van der Waals surface area contributed by atoms with Crippen LogP contribution in [0.2, 0.25) is 5.02 Å². The van der Waals surface area contributed by atoms with Crippen molar-refractivity contribution in [2.24, 2.45) is 0 Å². The number of benzene rings is 1. The standard InChI is InChI=1S/C9H3BrClNS/c10-9-8(11)7-5(4-12)2-1-3-6(7)13-9/h1-3H. The van der Waals surface area contributed by atoms with Crippen LogP contribution < -0.4 is 0 Å². The van der Waals surface area contributed by atoms with Crippen LogP contribution in [0.25, 0.3) is 10.1 Å². The van der Waals surface area contributed by atoms with E-state index in [1.54, 1.807) is 17.4 Å². The molecule has 0 spiro atoms. The molecule has 13 heavy (non-hydrogen) atoms. The van der Waals surface area contributed by atoms with Crippen LogP contribution in [-0.2, 0) is 0 Å². The molecule has 64 valence electrons. The lowest BCUT2D eigenvalue weighted by Crippen LogP contribution is -1.73. The van der Waals surface area contributed by atoms with E-state index in [2.05, 4.69) is 22.0 Å². The van der Waals surface area contributed by atoms with E-state index in [1.165, 1.54) is 0 Å². The van der Waals surface area contributed by atoms with Crippen LogP contribution >= 0.6 is 38.9 Å². The molecule has 0 N–H and O–H groups in total. The van der Waals surface area contributed by atoms with Crippen molar-refractivity contribution in [3.05, 3.63) is 32.6 Å². The molecule has 0 saturated carbocycles. The molecule has 0 bridgehead atoms. The third-order valence-electron chi connectivity index (χ3n) is 1.74. The van der Waals surface area contributed by atoms with Crippen molar-refractivity contribution in [3.63, 3.8) is 0 Å². The van der Waals surface area contributed by atoms with Gasteiger partial charge < -0.3 is 0 Å². The number of rotatable bonds is 0. The van der Waals surface area contributed by atoms with Gasteiger partial charge in [0, 0.05) is 10.1 Å². The average molecular weight is 273 g/mol. The topological polar surface area (TPSA) is 23.8 Å². The summed E-state index contributed by atoms with van der Waals surface area (Å²) in [6.45, 7) is 0. The molecule has 0 amide bonds. The maximum atomic E-state index is 8.85. The second kappa shape index (κ2) is 3.30. The normalized spacial score (nSPS) is 10.2. The van der Waals surface area contributed by atoms with Crippen molar-refractivity contribution in [3.8, 4) is 6.07 Å². The highest BCUT2D eigenvalue weighted by molar-refractivity contribution is 9.11. The van der Waals surface area contributed by atoms with Gasteiger partial charge >= 0.3 is 0 Å².